The number of rotatable bonds is 7. The van der Waals surface area contributed by atoms with Crippen LogP contribution in [0.4, 0.5) is 0 Å². The Balaban J connectivity index is 1.49. The first-order chi connectivity index (χ1) is 13.0. The summed E-state index contributed by atoms with van der Waals surface area (Å²) in [5.41, 5.74) is 2.05. The standard InChI is InChI=1S/C19H19N3O4S/c1-12(2)13-5-7-14(8-6-13)18-21-16(26-22-18)11-25-17(23)10-20-19(24)15-4-3-9-27-15/h3-9,12H,10-11H2,1-2H3,(H,20,24). The van der Waals surface area contributed by atoms with Crippen molar-refractivity contribution >= 4 is 23.2 Å². The van der Waals surface area contributed by atoms with Crippen molar-refractivity contribution in [2.75, 3.05) is 6.54 Å². The lowest BCUT2D eigenvalue weighted by Crippen LogP contribution is -2.30. The average Bonchev–Trinajstić information content (AvgIpc) is 3.36. The highest BCUT2D eigenvalue weighted by Crippen LogP contribution is 2.20. The van der Waals surface area contributed by atoms with E-state index in [1.807, 2.05) is 24.3 Å². The van der Waals surface area contributed by atoms with E-state index in [1.165, 1.54) is 16.9 Å². The minimum atomic E-state index is -0.582. The van der Waals surface area contributed by atoms with Crippen LogP contribution in [0.1, 0.15) is 40.9 Å². The quantitative estimate of drug-likeness (QED) is 0.627. The molecular weight excluding hydrogens is 366 g/mol. The van der Waals surface area contributed by atoms with Crippen molar-refractivity contribution in [1.29, 1.82) is 0 Å². The van der Waals surface area contributed by atoms with Gasteiger partial charge in [-0.1, -0.05) is 49.3 Å². The highest BCUT2D eigenvalue weighted by molar-refractivity contribution is 7.12. The third kappa shape index (κ3) is 5.01. The molecule has 27 heavy (non-hydrogen) atoms. The largest absolute Gasteiger partial charge is 0.454 e. The maximum absolute atomic E-state index is 11.8. The summed E-state index contributed by atoms with van der Waals surface area (Å²) in [6, 6.07) is 11.3. The summed E-state index contributed by atoms with van der Waals surface area (Å²) in [5, 5.41) is 8.19. The molecule has 1 aromatic carbocycles. The highest BCUT2D eigenvalue weighted by Gasteiger charge is 2.13. The zero-order valence-corrected chi connectivity index (χ0v) is 15.8. The summed E-state index contributed by atoms with van der Waals surface area (Å²) in [4.78, 5) is 28.3. The summed E-state index contributed by atoms with van der Waals surface area (Å²) in [6.07, 6.45) is 0. The molecule has 0 aliphatic heterocycles. The number of aromatic nitrogens is 2. The fraction of sp³-hybridized carbons (Fsp3) is 0.263. The van der Waals surface area contributed by atoms with Crippen LogP contribution in [0.5, 0.6) is 0 Å². The monoisotopic (exact) mass is 385 g/mol. The molecule has 0 radical (unpaired) electrons. The van der Waals surface area contributed by atoms with Crippen molar-refractivity contribution in [3.63, 3.8) is 0 Å². The van der Waals surface area contributed by atoms with E-state index in [0.29, 0.717) is 16.6 Å². The van der Waals surface area contributed by atoms with Gasteiger partial charge in [0.05, 0.1) is 4.88 Å². The molecule has 0 unspecified atom stereocenters. The number of nitrogens with one attached hydrogen (secondary N) is 1. The van der Waals surface area contributed by atoms with Gasteiger partial charge in [0, 0.05) is 5.56 Å². The molecular formula is C19H19N3O4S. The third-order valence-corrected chi connectivity index (χ3v) is 4.67. The Morgan fingerprint density at radius 2 is 2.00 bits per heavy atom. The lowest BCUT2D eigenvalue weighted by Gasteiger charge is -2.04. The van der Waals surface area contributed by atoms with Crippen molar-refractivity contribution in [2.24, 2.45) is 0 Å². The van der Waals surface area contributed by atoms with Gasteiger partial charge >= 0.3 is 5.97 Å². The van der Waals surface area contributed by atoms with Gasteiger partial charge in [-0.3, -0.25) is 9.59 Å². The smallest absolute Gasteiger partial charge is 0.325 e. The van der Waals surface area contributed by atoms with Crippen LogP contribution in [0.25, 0.3) is 11.4 Å². The van der Waals surface area contributed by atoms with Gasteiger partial charge < -0.3 is 14.6 Å². The molecule has 2 aromatic heterocycles. The zero-order chi connectivity index (χ0) is 19.2. The maximum atomic E-state index is 11.8. The number of amides is 1. The predicted molar refractivity (Wildman–Crippen MR) is 100 cm³/mol. The molecule has 7 nitrogen and oxygen atoms in total. The van der Waals surface area contributed by atoms with Crippen LogP contribution < -0.4 is 5.32 Å². The molecule has 1 amide bonds. The van der Waals surface area contributed by atoms with Crippen LogP contribution in [-0.2, 0) is 16.1 Å². The van der Waals surface area contributed by atoms with Crippen LogP contribution in [0.3, 0.4) is 0 Å². The number of hydrogen-bond acceptors (Lipinski definition) is 7. The molecule has 2 heterocycles. The summed E-state index contributed by atoms with van der Waals surface area (Å²) >= 11 is 1.30. The first-order valence-corrected chi connectivity index (χ1v) is 9.31. The van der Waals surface area contributed by atoms with Gasteiger partial charge in [0.2, 0.25) is 5.82 Å². The summed E-state index contributed by atoms with van der Waals surface area (Å²) < 4.78 is 10.2. The Bertz CT molecular complexity index is 901. The number of carbonyl (C=O) groups is 2. The number of esters is 1. The van der Waals surface area contributed by atoms with Gasteiger partial charge in [0.1, 0.15) is 6.54 Å². The number of thiophene rings is 1. The molecule has 0 aliphatic carbocycles. The van der Waals surface area contributed by atoms with Gasteiger partial charge in [-0.05, 0) is 22.9 Å². The third-order valence-electron chi connectivity index (χ3n) is 3.80. The van der Waals surface area contributed by atoms with Crippen molar-refractivity contribution in [2.45, 2.75) is 26.4 Å². The lowest BCUT2D eigenvalue weighted by molar-refractivity contribution is -0.144. The van der Waals surface area contributed by atoms with Gasteiger partial charge in [0.25, 0.3) is 11.8 Å². The van der Waals surface area contributed by atoms with Crippen LogP contribution in [0.15, 0.2) is 46.3 Å². The molecule has 140 valence electrons. The number of carbonyl (C=O) groups excluding carboxylic acids is 2. The minimum absolute atomic E-state index is 0.148. The van der Waals surface area contributed by atoms with Gasteiger partial charge in [-0.25, -0.2) is 0 Å². The lowest BCUT2D eigenvalue weighted by atomic mass is 10.0. The molecule has 0 saturated carbocycles. The predicted octanol–water partition coefficient (Wildman–Crippen LogP) is 3.39. The topological polar surface area (TPSA) is 94.3 Å². The second kappa shape index (κ2) is 8.59. The Morgan fingerprint density at radius 3 is 2.67 bits per heavy atom. The van der Waals surface area contributed by atoms with Gasteiger partial charge in [-0.15, -0.1) is 11.3 Å². The number of ether oxygens (including phenoxy) is 1. The van der Waals surface area contributed by atoms with E-state index in [4.69, 9.17) is 9.26 Å². The van der Waals surface area contributed by atoms with E-state index in [-0.39, 0.29) is 24.9 Å². The van der Waals surface area contributed by atoms with Crippen molar-refractivity contribution in [1.82, 2.24) is 15.5 Å². The zero-order valence-electron chi connectivity index (χ0n) is 15.0. The highest BCUT2D eigenvalue weighted by atomic mass is 32.1. The van der Waals surface area contributed by atoms with E-state index in [1.54, 1.807) is 17.5 Å². The molecule has 3 rings (SSSR count). The summed E-state index contributed by atoms with van der Waals surface area (Å²) in [6.45, 7) is 3.87. The SMILES string of the molecule is CC(C)c1ccc(-c2noc(COC(=O)CNC(=O)c3cccs3)n2)cc1. The first kappa shape index (κ1) is 18.8. The van der Waals surface area contributed by atoms with Gasteiger partial charge in [-0.2, -0.15) is 4.98 Å². The fourth-order valence-electron chi connectivity index (χ4n) is 2.29. The van der Waals surface area contributed by atoms with Crippen molar-refractivity contribution in [3.05, 3.63) is 58.1 Å². The fourth-order valence-corrected chi connectivity index (χ4v) is 2.93. The molecule has 8 heteroatoms. The minimum Gasteiger partial charge on any atom is -0.454 e. The molecule has 0 fully saturated rings. The Hall–Kier alpha value is -3.00. The van der Waals surface area contributed by atoms with E-state index in [0.717, 1.165) is 5.56 Å². The molecule has 0 spiro atoms. The van der Waals surface area contributed by atoms with E-state index >= 15 is 0 Å². The maximum Gasteiger partial charge on any atom is 0.325 e. The van der Waals surface area contributed by atoms with Crippen LogP contribution in [0.2, 0.25) is 0 Å². The van der Waals surface area contributed by atoms with Crippen LogP contribution in [0, 0.1) is 0 Å². The number of hydrogen-bond donors (Lipinski definition) is 1. The summed E-state index contributed by atoms with van der Waals surface area (Å²) in [7, 11) is 0. The second-order valence-corrected chi connectivity index (χ2v) is 7.06. The normalized spacial score (nSPS) is 10.8. The Morgan fingerprint density at radius 1 is 1.22 bits per heavy atom. The molecule has 0 atom stereocenters. The van der Waals surface area contributed by atoms with Gasteiger partial charge in [0.15, 0.2) is 6.61 Å². The van der Waals surface area contributed by atoms with E-state index < -0.39 is 5.97 Å². The number of benzene rings is 1. The van der Waals surface area contributed by atoms with E-state index in [2.05, 4.69) is 29.3 Å². The van der Waals surface area contributed by atoms with Crippen LogP contribution in [-0.4, -0.2) is 28.6 Å². The molecule has 3 aromatic rings. The second-order valence-electron chi connectivity index (χ2n) is 6.11. The van der Waals surface area contributed by atoms with E-state index in [9.17, 15) is 9.59 Å². The molecule has 0 aliphatic rings. The Kier molecular flexibility index (Phi) is 5.97. The van der Waals surface area contributed by atoms with Crippen molar-refractivity contribution < 1.29 is 18.8 Å². The molecule has 0 saturated heterocycles. The van der Waals surface area contributed by atoms with Crippen LogP contribution >= 0.6 is 11.3 Å². The average molecular weight is 385 g/mol. The Labute approximate surface area is 160 Å². The summed E-state index contributed by atoms with van der Waals surface area (Å²) in [5.74, 6) is 0.172. The number of nitrogens with zero attached hydrogens (tertiary/aromatic N) is 2. The van der Waals surface area contributed by atoms with Crippen molar-refractivity contribution in [3.8, 4) is 11.4 Å². The molecule has 1 N–H and O–H groups in total. The molecule has 0 bridgehead atoms. The first-order valence-electron chi connectivity index (χ1n) is 8.43.